The van der Waals surface area contributed by atoms with Crippen LogP contribution in [0.4, 0.5) is 0 Å². The number of hydrogen-bond donors (Lipinski definition) is 1. The van der Waals surface area contributed by atoms with Crippen LogP contribution in [0.1, 0.15) is 27.2 Å². The first-order valence-corrected chi connectivity index (χ1v) is 10.8. The van der Waals surface area contributed by atoms with Crippen molar-refractivity contribution in [2.75, 3.05) is 6.61 Å². The molecule has 33 heavy (non-hydrogen) atoms. The maximum absolute atomic E-state index is 12.3. The normalized spacial score (nSPS) is 11.1. The number of carbonyl (C=O) groups excluding carboxylic acids is 1. The van der Waals surface area contributed by atoms with Gasteiger partial charge in [0.05, 0.1) is 12.8 Å². The Balaban J connectivity index is 1.51. The van der Waals surface area contributed by atoms with Gasteiger partial charge in [0.25, 0.3) is 5.91 Å². The number of para-hydroxylation sites is 2. The second-order valence-corrected chi connectivity index (χ2v) is 7.55. The van der Waals surface area contributed by atoms with Crippen molar-refractivity contribution in [3.05, 3.63) is 108 Å². The van der Waals surface area contributed by atoms with Crippen molar-refractivity contribution in [1.29, 1.82) is 0 Å². The number of amides is 1. The molecule has 1 amide bonds. The summed E-state index contributed by atoms with van der Waals surface area (Å²) in [5, 5.41) is 5.28. The highest BCUT2D eigenvalue weighted by Gasteiger charge is 2.13. The number of pyridine rings is 1. The Morgan fingerprint density at radius 2 is 1.88 bits per heavy atom. The highest BCUT2D eigenvalue weighted by atomic mass is 16.5. The fraction of sp³-hybridized carbons (Fsp3) is 0.148. The maximum atomic E-state index is 12.3. The van der Waals surface area contributed by atoms with Crippen molar-refractivity contribution >= 4 is 23.0 Å². The molecule has 2 aromatic heterocycles. The lowest BCUT2D eigenvalue weighted by molar-refractivity contribution is 0.0955. The Hall–Kier alpha value is -4.19. The average Bonchev–Trinajstić information content (AvgIpc) is 3.12. The van der Waals surface area contributed by atoms with Crippen LogP contribution in [-0.2, 0) is 13.0 Å². The average molecular weight is 439 g/mol. The van der Waals surface area contributed by atoms with Gasteiger partial charge in [-0.3, -0.25) is 9.78 Å². The number of nitrogens with zero attached hydrogens (tertiary/aromatic N) is 3. The maximum Gasteiger partial charge on any atom is 0.271 e. The molecule has 2 aromatic carbocycles. The van der Waals surface area contributed by atoms with Gasteiger partial charge in [0, 0.05) is 40.1 Å². The second-order valence-electron chi connectivity index (χ2n) is 7.55. The number of hydrazone groups is 1. The van der Waals surface area contributed by atoms with E-state index in [-0.39, 0.29) is 5.91 Å². The molecule has 6 nitrogen and oxygen atoms in total. The van der Waals surface area contributed by atoms with E-state index < -0.39 is 0 Å². The van der Waals surface area contributed by atoms with E-state index in [1.165, 1.54) is 0 Å². The lowest BCUT2D eigenvalue weighted by atomic mass is 10.1. The number of fused-ring (bicyclic) bond motifs is 1. The van der Waals surface area contributed by atoms with E-state index in [0.717, 1.165) is 39.9 Å². The minimum absolute atomic E-state index is 0.276. The molecule has 0 unspecified atom stereocenters. The number of nitrogens with one attached hydrogen (secondary N) is 1. The number of allylic oxidation sites excluding steroid dienone is 1. The van der Waals surface area contributed by atoms with Gasteiger partial charge in [0.15, 0.2) is 0 Å². The number of aromatic nitrogens is 2. The van der Waals surface area contributed by atoms with E-state index >= 15 is 0 Å². The van der Waals surface area contributed by atoms with Crippen LogP contribution in [0.2, 0.25) is 0 Å². The molecular weight excluding hydrogens is 412 g/mol. The molecule has 0 radical (unpaired) electrons. The molecule has 6 heteroatoms. The third-order valence-corrected chi connectivity index (χ3v) is 5.49. The predicted octanol–water partition coefficient (Wildman–Crippen LogP) is 4.92. The van der Waals surface area contributed by atoms with Crippen LogP contribution in [0.15, 0.2) is 90.8 Å². The number of ether oxygens (including phenoxy) is 1. The highest BCUT2D eigenvalue weighted by Crippen LogP contribution is 2.25. The summed E-state index contributed by atoms with van der Waals surface area (Å²) in [5.74, 6) is 0.605. The SMILES string of the molecule is C=CCc1ccccc1OCCn1c(C)c(/C=N\NC(=O)c2ccncc2)c2ccccc21. The van der Waals surface area contributed by atoms with E-state index in [0.29, 0.717) is 18.7 Å². The fourth-order valence-electron chi connectivity index (χ4n) is 3.85. The molecule has 0 aliphatic carbocycles. The Labute approximate surface area is 193 Å². The van der Waals surface area contributed by atoms with Crippen molar-refractivity contribution < 1.29 is 9.53 Å². The quantitative estimate of drug-likeness (QED) is 0.229. The Bertz CT molecular complexity index is 1290. The van der Waals surface area contributed by atoms with Gasteiger partial charge in [-0.2, -0.15) is 5.10 Å². The van der Waals surface area contributed by atoms with Crippen LogP contribution in [0.5, 0.6) is 5.75 Å². The third-order valence-electron chi connectivity index (χ3n) is 5.49. The topological polar surface area (TPSA) is 68.5 Å². The van der Waals surface area contributed by atoms with Crippen molar-refractivity contribution in [3.8, 4) is 5.75 Å². The highest BCUT2D eigenvalue weighted by molar-refractivity contribution is 6.02. The first kappa shape index (κ1) is 22.0. The number of benzene rings is 2. The molecule has 0 spiro atoms. The molecule has 4 aromatic rings. The van der Waals surface area contributed by atoms with Gasteiger partial charge in [-0.25, -0.2) is 5.43 Å². The lowest BCUT2D eigenvalue weighted by Crippen LogP contribution is -2.17. The van der Waals surface area contributed by atoms with Crippen molar-refractivity contribution in [1.82, 2.24) is 15.0 Å². The van der Waals surface area contributed by atoms with E-state index in [2.05, 4.69) is 51.8 Å². The summed E-state index contributed by atoms with van der Waals surface area (Å²) in [6.07, 6.45) is 7.51. The zero-order valence-electron chi connectivity index (χ0n) is 18.6. The first-order chi connectivity index (χ1) is 16.2. The summed E-state index contributed by atoms with van der Waals surface area (Å²) in [6.45, 7) is 7.10. The molecule has 0 atom stereocenters. The van der Waals surface area contributed by atoms with Crippen molar-refractivity contribution in [2.45, 2.75) is 19.9 Å². The van der Waals surface area contributed by atoms with E-state index in [9.17, 15) is 4.79 Å². The van der Waals surface area contributed by atoms with E-state index in [1.807, 2.05) is 36.4 Å². The fourth-order valence-corrected chi connectivity index (χ4v) is 3.85. The number of hydrogen-bond acceptors (Lipinski definition) is 4. The largest absolute Gasteiger partial charge is 0.491 e. The van der Waals surface area contributed by atoms with Crippen LogP contribution >= 0.6 is 0 Å². The standard InChI is InChI=1S/C27H26N4O2/c1-3-8-21-9-4-7-12-26(21)33-18-17-31-20(2)24(23-10-5-6-11-25(23)31)19-29-30-27(32)22-13-15-28-16-14-22/h3-7,9-16,19H,1,8,17-18H2,2H3,(H,30,32)/b29-19-. The van der Waals surface area contributed by atoms with Gasteiger partial charge in [-0.1, -0.05) is 42.5 Å². The summed E-state index contributed by atoms with van der Waals surface area (Å²) < 4.78 is 8.32. The molecule has 1 N–H and O–H groups in total. The van der Waals surface area contributed by atoms with Crippen LogP contribution in [-0.4, -0.2) is 28.3 Å². The molecule has 0 saturated heterocycles. The van der Waals surface area contributed by atoms with Crippen LogP contribution < -0.4 is 10.2 Å². The summed E-state index contributed by atoms with van der Waals surface area (Å²) >= 11 is 0. The van der Waals surface area contributed by atoms with E-state index in [4.69, 9.17) is 4.74 Å². The van der Waals surface area contributed by atoms with Gasteiger partial charge >= 0.3 is 0 Å². The number of carbonyl (C=O) groups is 1. The summed E-state index contributed by atoms with van der Waals surface area (Å²) in [6, 6.07) is 19.5. The third kappa shape index (κ3) is 5.01. The molecule has 2 heterocycles. The van der Waals surface area contributed by atoms with Gasteiger partial charge in [0.1, 0.15) is 12.4 Å². The molecule has 0 bridgehead atoms. The smallest absolute Gasteiger partial charge is 0.271 e. The first-order valence-electron chi connectivity index (χ1n) is 10.8. The molecule has 0 saturated carbocycles. The predicted molar refractivity (Wildman–Crippen MR) is 132 cm³/mol. The molecule has 4 rings (SSSR count). The molecule has 0 aliphatic rings. The monoisotopic (exact) mass is 438 g/mol. The molecule has 0 aliphatic heterocycles. The van der Waals surface area contributed by atoms with E-state index in [1.54, 1.807) is 30.7 Å². The zero-order valence-corrected chi connectivity index (χ0v) is 18.6. The molecule has 0 fully saturated rings. The van der Waals surface area contributed by atoms with Gasteiger partial charge < -0.3 is 9.30 Å². The minimum Gasteiger partial charge on any atom is -0.491 e. The van der Waals surface area contributed by atoms with Crippen molar-refractivity contribution in [3.63, 3.8) is 0 Å². The second kappa shape index (κ2) is 10.4. The van der Waals surface area contributed by atoms with Gasteiger partial charge in [-0.05, 0) is 43.2 Å². The molecule has 166 valence electrons. The summed E-state index contributed by atoms with van der Waals surface area (Å²) in [4.78, 5) is 16.2. The Kier molecular flexibility index (Phi) is 6.95. The number of rotatable bonds is 9. The van der Waals surface area contributed by atoms with Crippen LogP contribution in [0.3, 0.4) is 0 Å². The van der Waals surface area contributed by atoms with Gasteiger partial charge in [-0.15, -0.1) is 6.58 Å². The van der Waals surface area contributed by atoms with Crippen LogP contribution in [0.25, 0.3) is 10.9 Å². The Morgan fingerprint density at radius 1 is 1.12 bits per heavy atom. The van der Waals surface area contributed by atoms with Gasteiger partial charge in [0.2, 0.25) is 0 Å². The Morgan fingerprint density at radius 3 is 2.70 bits per heavy atom. The minimum atomic E-state index is -0.276. The zero-order chi connectivity index (χ0) is 23.0. The summed E-state index contributed by atoms with van der Waals surface area (Å²) in [7, 11) is 0. The molecular formula is C27H26N4O2. The lowest BCUT2D eigenvalue weighted by Gasteiger charge is -2.13. The van der Waals surface area contributed by atoms with Crippen LogP contribution in [0, 0.1) is 6.92 Å². The summed E-state index contributed by atoms with van der Waals surface area (Å²) in [5.41, 5.74) is 7.35. The van der Waals surface area contributed by atoms with Crippen molar-refractivity contribution in [2.24, 2.45) is 5.10 Å².